The zero-order valence-electron chi connectivity index (χ0n) is 19.5. The Bertz CT molecular complexity index is 1370. The van der Waals surface area contributed by atoms with Crippen LogP contribution in [0.2, 0.25) is 5.02 Å². The summed E-state index contributed by atoms with van der Waals surface area (Å²) in [4.78, 5) is 25.3. The Balaban J connectivity index is 1.46. The molecule has 3 aliphatic rings. The predicted octanol–water partition coefficient (Wildman–Crippen LogP) is 8.19. The molecule has 3 aromatic carbocycles. The zero-order valence-corrected chi connectivity index (χ0v) is 21.9. The maximum Gasteiger partial charge on any atom is 0.269 e. The van der Waals surface area contributed by atoms with Crippen molar-refractivity contribution in [2.45, 2.75) is 50.0 Å². The molecule has 1 saturated carbocycles. The van der Waals surface area contributed by atoms with E-state index in [9.17, 15) is 4.79 Å². The summed E-state index contributed by atoms with van der Waals surface area (Å²) >= 11 is 9.50. The van der Waals surface area contributed by atoms with Crippen LogP contribution in [0.15, 0.2) is 80.5 Å². The van der Waals surface area contributed by atoms with Gasteiger partial charge in [0.05, 0.1) is 11.4 Å². The molecule has 1 amide bonds. The van der Waals surface area contributed by atoms with E-state index in [1.807, 2.05) is 47.4 Å². The summed E-state index contributed by atoms with van der Waals surface area (Å²) in [6.07, 6.45) is 5.62. The zero-order chi connectivity index (χ0) is 23.9. The van der Waals surface area contributed by atoms with Gasteiger partial charge in [0.1, 0.15) is 9.93 Å². The fourth-order valence-electron chi connectivity index (χ4n) is 5.20. The lowest BCUT2D eigenvalue weighted by Gasteiger charge is -2.30. The molecule has 2 heterocycles. The third kappa shape index (κ3) is 4.15. The molecular weight excluding hydrogens is 494 g/mol. The van der Waals surface area contributed by atoms with Crippen LogP contribution in [0.3, 0.4) is 0 Å². The van der Waals surface area contributed by atoms with Crippen LogP contribution in [-0.4, -0.2) is 28.6 Å². The number of carbonyl (C=O) groups excluding carboxylic acids is 1. The summed E-state index contributed by atoms with van der Waals surface area (Å²) in [6.45, 7) is 2.89. The fraction of sp³-hybridized carbons (Fsp3) is 0.286. The first-order valence-corrected chi connectivity index (χ1v) is 14.2. The molecular formula is C28H26ClN3OS2. The molecule has 0 unspecified atom stereocenters. The van der Waals surface area contributed by atoms with Gasteiger partial charge >= 0.3 is 0 Å². The fourth-order valence-corrected chi connectivity index (χ4v) is 7.79. The van der Waals surface area contributed by atoms with Crippen molar-refractivity contribution in [1.29, 1.82) is 0 Å². The number of fused-ring (bicyclic) bond motifs is 2. The second-order valence-corrected chi connectivity index (χ2v) is 11.5. The number of amidine groups is 1. The Kier molecular flexibility index (Phi) is 6.29. The van der Waals surface area contributed by atoms with Crippen LogP contribution in [0, 0.1) is 0 Å². The topological polar surface area (TPSA) is 35.9 Å². The molecule has 0 atom stereocenters. The molecule has 0 bridgehead atoms. The van der Waals surface area contributed by atoms with Crippen LogP contribution in [0.4, 0.5) is 11.4 Å². The first kappa shape index (κ1) is 23.0. The smallest absolute Gasteiger partial charge is 0.269 e. The van der Waals surface area contributed by atoms with E-state index in [2.05, 4.69) is 30.0 Å². The minimum absolute atomic E-state index is 0.0840. The third-order valence-corrected chi connectivity index (χ3v) is 9.50. The molecule has 7 heteroatoms. The van der Waals surface area contributed by atoms with Crippen LogP contribution in [0.1, 0.15) is 39.0 Å². The number of halogens is 1. The number of amides is 1. The Morgan fingerprint density at radius 1 is 1.00 bits per heavy atom. The molecule has 0 spiro atoms. The van der Waals surface area contributed by atoms with E-state index >= 15 is 0 Å². The van der Waals surface area contributed by atoms with Crippen LogP contribution in [0.5, 0.6) is 0 Å². The van der Waals surface area contributed by atoms with Gasteiger partial charge < -0.3 is 4.90 Å². The monoisotopic (exact) mass is 519 g/mol. The summed E-state index contributed by atoms with van der Waals surface area (Å²) in [6, 6.07) is 20.7. The Morgan fingerprint density at radius 2 is 1.80 bits per heavy atom. The van der Waals surface area contributed by atoms with E-state index in [1.54, 1.807) is 11.8 Å². The predicted molar refractivity (Wildman–Crippen MR) is 150 cm³/mol. The molecule has 1 saturated heterocycles. The molecule has 0 aromatic heterocycles. The summed E-state index contributed by atoms with van der Waals surface area (Å²) < 4.78 is 0. The van der Waals surface area contributed by atoms with Crippen LogP contribution >= 0.6 is 35.1 Å². The maximum absolute atomic E-state index is 14.0. The standard InChI is InChI=1S/C28H26ClN3OS2/c1-2-31-23-17-19(29)15-16-24(23)34-27(31)25-26(33)32(20-11-4-3-5-12-20)28(35-25)30-22-14-8-10-18-9-6-7-13-21(18)22/h6-10,13-17,20H,2-5,11-12H2,1H3/b27-25-,30-28?. The molecule has 0 N–H and O–H groups in total. The van der Waals surface area contributed by atoms with E-state index in [-0.39, 0.29) is 11.9 Å². The third-order valence-electron chi connectivity index (χ3n) is 6.91. The molecule has 1 aliphatic carbocycles. The lowest BCUT2D eigenvalue weighted by molar-refractivity contribution is -0.124. The quantitative estimate of drug-likeness (QED) is 0.327. The number of carbonyl (C=O) groups is 1. The highest BCUT2D eigenvalue weighted by atomic mass is 35.5. The van der Waals surface area contributed by atoms with Crippen LogP contribution in [0.25, 0.3) is 10.8 Å². The summed E-state index contributed by atoms with van der Waals surface area (Å²) in [5, 5.41) is 4.76. The molecule has 2 fully saturated rings. The average Bonchev–Trinajstić information content (AvgIpc) is 3.41. The van der Waals surface area contributed by atoms with Crippen molar-refractivity contribution in [1.82, 2.24) is 4.90 Å². The normalized spacial score (nSPS) is 22.0. The second-order valence-electron chi connectivity index (χ2n) is 9.05. The number of hydrogen-bond acceptors (Lipinski definition) is 5. The molecule has 4 nitrogen and oxygen atoms in total. The van der Waals surface area contributed by atoms with Gasteiger partial charge in [0.25, 0.3) is 5.91 Å². The van der Waals surface area contributed by atoms with Crippen molar-refractivity contribution in [3.8, 4) is 0 Å². The minimum Gasteiger partial charge on any atom is -0.334 e. The van der Waals surface area contributed by atoms with Gasteiger partial charge in [-0.3, -0.25) is 9.69 Å². The largest absolute Gasteiger partial charge is 0.334 e. The number of thioether (sulfide) groups is 2. The molecule has 178 valence electrons. The van der Waals surface area contributed by atoms with Crippen molar-refractivity contribution in [3.63, 3.8) is 0 Å². The van der Waals surface area contributed by atoms with Crippen molar-refractivity contribution in [3.05, 3.63) is 75.6 Å². The average molecular weight is 520 g/mol. The molecule has 2 aliphatic heterocycles. The lowest BCUT2D eigenvalue weighted by Crippen LogP contribution is -2.40. The molecule has 35 heavy (non-hydrogen) atoms. The SMILES string of the molecule is CCN1/C(=C2/SC(=Nc3cccc4ccccc34)N(C3CCCCC3)C2=O)Sc2ccc(Cl)cc21. The first-order valence-electron chi connectivity index (χ1n) is 12.2. The number of nitrogens with zero attached hydrogens (tertiary/aromatic N) is 3. The van der Waals surface area contributed by atoms with E-state index in [4.69, 9.17) is 16.6 Å². The van der Waals surface area contributed by atoms with Gasteiger partial charge in [0, 0.05) is 27.9 Å². The van der Waals surface area contributed by atoms with Gasteiger partial charge in [-0.2, -0.15) is 0 Å². The van der Waals surface area contributed by atoms with Gasteiger partial charge in [0.15, 0.2) is 5.17 Å². The van der Waals surface area contributed by atoms with E-state index in [0.29, 0.717) is 5.02 Å². The van der Waals surface area contributed by atoms with Gasteiger partial charge in [-0.15, -0.1) is 0 Å². The number of anilines is 1. The summed E-state index contributed by atoms with van der Waals surface area (Å²) in [5.74, 6) is 0.0840. The summed E-state index contributed by atoms with van der Waals surface area (Å²) in [5.41, 5.74) is 1.98. The highest BCUT2D eigenvalue weighted by Crippen LogP contribution is 2.52. The first-order chi connectivity index (χ1) is 17.1. The van der Waals surface area contributed by atoms with Crippen LogP contribution < -0.4 is 4.90 Å². The van der Waals surface area contributed by atoms with Crippen molar-refractivity contribution >= 4 is 68.3 Å². The lowest BCUT2D eigenvalue weighted by atomic mass is 9.94. The molecule has 3 aromatic rings. The summed E-state index contributed by atoms with van der Waals surface area (Å²) in [7, 11) is 0. The minimum atomic E-state index is 0.0840. The molecule has 0 radical (unpaired) electrons. The molecule has 6 rings (SSSR count). The Labute approximate surface area is 219 Å². The van der Waals surface area contributed by atoms with Crippen molar-refractivity contribution < 1.29 is 4.79 Å². The van der Waals surface area contributed by atoms with E-state index < -0.39 is 0 Å². The Morgan fingerprint density at radius 3 is 2.63 bits per heavy atom. The van der Waals surface area contributed by atoms with Crippen molar-refractivity contribution in [2.24, 2.45) is 4.99 Å². The highest BCUT2D eigenvalue weighted by molar-refractivity contribution is 8.19. The highest BCUT2D eigenvalue weighted by Gasteiger charge is 2.43. The van der Waals surface area contributed by atoms with E-state index in [0.717, 1.165) is 74.4 Å². The van der Waals surface area contributed by atoms with Gasteiger partial charge in [-0.1, -0.05) is 79.0 Å². The maximum atomic E-state index is 14.0. The number of aliphatic imine (C=N–C) groups is 1. The number of benzene rings is 3. The van der Waals surface area contributed by atoms with Gasteiger partial charge in [-0.25, -0.2) is 4.99 Å². The number of hydrogen-bond donors (Lipinski definition) is 0. The Hall–Kier alpha value is -2.41. The van der Waals surface area contributed by atoms with Gasteiger partial charge in [0.2, 0.25) is 0 Å². The second kappa shape index (κ2) is 9.57. The van der Waals surface area contributed by atoms with Crippen molar-refractivity contribution in [2.75, 3.05) is 11.4 Å². The van der Waals surface area contributed by atoms with E-state index in [1.165, 1.54) is 18.2 Å². The van der Waals surface area contributed by atoms with Gasteiger partial charge in [-0.05, 0) is 61.2 Å². The number of rotatable bonds is 3. The van der Waals surface area contributed by atoms with Crippen LogP contribution in [-0.2, 0) is 4.79 Å².